The van der Waals surface area contributed by atoms with Crippen LogP contribution in [-0.2, 0) is 10.6 Å². The summed E-state index contributed by atoms with van der Waals surface area (Å²) in [4.78, 5) is 6.56. The van der Waals surface area contributed by atoms with E-state index in [0.717, 1.165) is 18.8 Å². The third kappa shape index (κ3) is 2.47. The number of morpholine rings is 1. The monoisotopic (exact) mass is 240 g/mol. The molecular weight excluding hydrogens is 224 g/mol. The van der Waals surface area contributed by atoms with Gasteiger partial charge in [-0.15, -0.1) is 11.6 Å². The van der Waals surface area contributed by atoms with Crippen LogP contribution in [0.3, 0.4) is 0 Å². The highest BCUT2D eigenvalue weighted by Crippen LogP contribution is 2.22. The summed E-state index contributed by atoms with van der Waals surface area (Å²) in [6.07, 6.45) is 2.10. The van der Waals surface area contributed by atoms with Crippen molar-refractivity contribution in [3.63, 3.8) is 0 Å². The molecule has 2 rings (SSSR count). The Morgan fingerprint density at radius 2 is 2.38 bits per heavy atom. The average molecular weight is 241 g/mol. The van der Waals surface area contributed by atoms with Gasteiger partial charge in [-0.2, -0.15) is 0 Å². The highest BCUT2D eigenvalue weighted by atomic mass is 35.5. The molecule has 1 aliphatic rings. The molecule has 3 nitrogen and oxygen atoms in total. The summed E-state index contributed by atoms with van der Waals surface area (Å²) in [5.41, 5.74) is 2.11. The first-order chi connectivity index (χ1) is 7.70. The Labute approximate surface area is 101 Å². The third-order valence-electron chi connectivity index (χ3n) is 2.88. The van der Waals surface area contributed by atoms with Crippen LogP contribution in [0.2, 0.25) is 0 Å². The molecule has 0 spiro atoms. The largest absolute Gasteiger partial charge is 0.375 e. The summed E-state index contributed by atoms with van der Waals surface area (Å²) in [7, 11) is 0. The second kappa shape index (κ2) is 5.02. The van der Waals surface area contributed by atoms with Crippen molar-refractivity contribution in [1.29, 1.82) is 0 Å². The summed E-state index contributed by atoms with van der Waals surface area (Å²) >= 11 is 5.80. The van der Waals surface area contributed by atoms with E-state index in [1.165, 1.54) is 5.69 Å². The van der Waals surface area contributed by atoms with E-state index in [1.54, 1.807) is 0 Å². The maximum Gasteiger partial charge on any atom is 0.0723 e. The van der Waals surface area contributed by atoms with E-state index in [9.17, 15) is 0 Å². The van der Waals surface area contributed by atoms with E-state index in [2.05, 4.69) is 29.8 Å². The van der Waals surface area contributed by atoms with Crippen molar-refractivity contribution in [2.24, 2.45) is 0 Å². The zero-order chi connectivity index (χ0) is 11.5. The lowest BCUT2D eigenvalue weighted by Gasteiger charge is -2.38. The van der Waals surface area contributed by atoms with Gasteiger partial charge in [0.25, 0.3) is 0 Å². The molecule has 0 aliphatic carbocycles. The highest BCUT2D eigenvalue weighted by molar-refractivity contribution is 6.16. The predicted octanol–water partition coefficient (Wildman–Crippen LogP) is 2.43. The minimum atomic E-state index is 0.281. The molecule has 88 valence electrons. The van der Waals surface area contributed by atoms with Gasteiger partial charge in [0.1, 0.15) is 0 Å². The number of halogens is 1. The number of aromatic nitrogens is 1. The molecular formula is C12H17ClN2O. The molecule has 1 saturated heterocycles. The standard InChI is InChI=1S/C12H17ClN2O/c1-9-8-16-10(2)7-15(9)12-3-4-14-11(5-12)6-13/h3-5,9-10H,6-8H2,1-2H3. The van der Waals surface area contributed by atoms with Crippen molar-refractivity contribution in [1.82, 2.24) is 4.98 Å². The van der Waals surface area contributed by atoms with E-state index in [4.69, 9.17) is 16.3 Å². The van der Waals surface area contributed by atoms with E-state index in [0.29, 0.717) is 11.9 Å². The van der Waals surface area contributed by atoms with Crippen LogP contribution >= 0.6 is 11.6 Å². The van der Waals surface area contributed by atoms with Gasteiger partial charge in [-0.3, -0.25) is 4.98 Å². The number of nitrogens with zero attached hydrogens (tertiary/aromatic N) is 2. The third-order valence-corrected chi connectivity index (χ3v) is 3.15. The minimum absolute atomic E-state index is 0.281. The Morgan fingerprint density at radius 1 is 1.56 bits per heavy atom. The maximum atomic E-state index is 5.80. The molecule has 2 unspecified atom stereocenters. The zero-order valence-electron chi connectivity index (χ0n) is 9.69. The molecule has 0 saturated carbocycles. The molecule has 1 fully saturated rings. The van der Waals surface area contributed by atoms with Crippen LogP contribution < -0.4 is 4.90 Å². The molecule has 2 atom stereocenters. The van der Waals surface area contributed by atoms with Crippen molar-refractivity contribution >= 4 is 17.3 Å². The summed E-state index contributed by atoms with van der Waals surface area (Å²) in [5.74, 6) is 0.460. The summed E-state index contributed by atoms with van der Waals surface area (Å²) in [5, 5.41) is 0. The molecule has 2 heterocycles. The van der Waals surface area contributed by atoms with Gasteiger partial charge in [-0.05, 0) is 26.0 Å². The molecule has 4 heteroatoms. The van der Waals surface area contributed by atoms with Crippen LogP contribution in [0.4, 0.5) is 5.69 Å². The highest BCUT2D eigenvalue weighted by Gasteiger charge is 2.23. The van der Waals surface area contributed by atoms with Crippen molar-refractivity contribution in [2.75, 3.05) is 18.1 Å². The number of alkyl halides is 1. The van der Waals surface area contributed by atoms with Gasteiger partial charge in [-0.25, -0.2) is 0 Å². The first kappa shape index (κ1) is 11.7. The Bertz CT molecular complexity index is 359. The Morgan fingerprint density at radius 3 is 3.12 bits per heavy atom. The van der Waals surface area contributed by atoms with Crippen molar-refractivity contribution in [3.8, 4) is 0 Å². The van der Waals surface area contributed by atoms with E-state index in [1.807, 2.05) is 12.3 Å². The van der Waals surface area contributed by atoms with E-state index < -0.39 is 0 Å². The molecule has 0 aromatic carbocycles. The van der Waals surface area contributed by atoms with Gasteiger partial charge < -0.3 is 9.64 Å². The zero-order valence-corrected chi connectivity index (χ0v) is 10.4. The lowest BCUT2D eigenvalue weighted by Crippen LogP contribution is -2.47. The first-order valence-corrected chi connectivity index (χ1v) is 6.13. The average Bonchev–Trinajstić information content (AvgIpc) is 2.32. The number of hydrogen-bond acceptors (Lipinski definition) is 3. The Balaban J connectivity index is 2.20. The van der Waals surface area contributed by atoms with Gasteiger partial charge in [0, 0.05) is 24.5 Å². The van der Waals surface area contributed by atoms with Crippen molar-refractivity contribution in [3.05, 3.63) is 24.0 Å². The van der Waals surface area contributed by atoms with Gasteiger partial charge in [0.05, 0.1) is 24.3 Å². The summed E-state index contributed by atoms with van der Waals surface area (Å²) in [6, 6.07) is 4.49. The van der Waals surface area contributed by atoms with Crippen LogP contribution in [-0.4, -0.2) is 30.3 Å². The molecule has 1 aromatic heterocycles. The van der Waals surface area contributed by atoms with Crippen LogP contribution in [0.1, 0.15) is 19.5 Å². The Hall–Kier alpha value is -0.800. The number of anilines is 1. The second-order valence-corrected chi connectivity index (χ2v) is 4.55. The molecule has 0 radical (unpaired) electrons. The van der Waals surface area contributed by atoms with Crippen LogP contribution in [0, 0.1) is 0 Å². The molecule has 1 aliphatic heterocycles. The number of hydrogen-bond donors (Lipinski definition) is 0. The molecule has 0 amide bonds. The van der Waals surface area contributed by atoms with Crippen LogP contribution in [0.5, 0.6) is 0 Å². The van der Waals surface area contributed by atoms with Gasteiger partial charge in [0.2, 0.25) is 0 Å². The molecule has 16 heavy (non-hydrogen) atoms. The van der Waals surface area contributed by atoms with E-state index >= 15 is 0 Å². The van der Waals surface area contributed by atoms with Gasteiger partial charge in [-0.1, -0.05) is 0 Å². The number of rotatable bonds is 2. The Kier molecular flexibility index (Phi) is 3.66. The first-order valence-electron chi connectivity index (χ1n) is 5.60. The number of ether oxygens (including phenoxy) is 1. The van der Waals surface area contributed by atoms with Gasteiger partial charge in [0.15, 0.2) is 0 Å². The fraction of sp³-hybridized carbons (Fsp3) is 0.583. The quantitative estimate of drug-likeness (QED) is 0.743. The minimum Gasteiger partial charge on any atom is -0.375 e. The van der Waals surface area contributed by atoms with E-state index in [-0.39, 0.29) is 6.10 Å². The van der Waals surface area contributed by atoms with Crippen molar-refractivity contribution in [2.45, 2.75) is 31.9 Å². The fourth-order valence-corrected chi connectivity index (χ4v) is 2.13. The maximum absolute atomic E-state index is 5.80. The van der Waals surface area contributed by atoms with Crippen LogP contribution in [0.25, 0.3) is 0 Å². The van der Waals surface area contributed by atoms with Crippen LogP contribution in [0.15, 0.2) is 18.3 Å². The smallest absolute Gasteiger partial charge is 0.0723 e. The molecule has 0 N–H and O–H groups in total. The lowest BCUT2D eigenvalue weighted by atomic mass is 10.1. The predicted molar refractivity (Wildman–Crippen MR) is 66.0 cm³/mol. The second-order valence-electron chi connectivity index (χ2n) is 4.28. The lowest BCUT2D eigenvalue weighted by molar-refractivity contribution is 0.0343. The van der Waals surface area contributed by atoms with Crippen molar-refractivity contribution < 1.29 is 4.74 Å². The topological polar surface area (TPSA) is 25.4 Å². The van der Waals surface area contributed by atoms with Gasteiger partial charge >= 0.3 is 0 Å². The molecule has 0 bridgehead atoms. The summed E-state index contributed by atoms with van der Waals surface area (Å²) in [6.45, 7) is 5.97. The molecule has 1 aromatic rings. The summed E-state index contributed by atoms with van der Waals surface area (Å²) < 4.78 is 5.62. The fourth-order valence-electron chi connectivity index (χ4n) is 1.98. The normalized spacial score (nSPS) is 25.8. The number of pyridine rings is 1. The SMILES string of the molecule is CC1CN(c2ccnc(CCl)c2)C(C)CO1.